The van der Waals surface area contributed by atoms with Crippen LogP contribution in [0, 0.1) is 0 Å². The second-order valence-electron chi connectivity index (χ2n) is 9.24. The molecule has 0 aliphatic carbocycles. The predicted octanol–water partition coefficient (Wildman–Crippen LogP) is 2.46. The lowest BCUT2D eigenvalue weighted by Gasteiger charge is -2.31. The Balaban J connectivity index is 1.48. The van der Waals surface area contributed by atoms with E-state index < -0.39 is 23.6 Å². The normalized spacial score (nSPS) is 17.1. The molecule has 11 heteroatoms. The standard InChI is InChI=1S/C28H27N3O8/c1-4-16-17-11-15(39-27(35)29-9-10-37-23(32)5-2)7-8-21(17)30-24-18(16)13-31-22(24)12-20-19(25(31)33)14-38-26(34)28(20,36)6-3/h5,7-8,11-12,36H,2,4,6,9-10,13-14H2,1,3H3,(H,29,35)/t28-/m0/s1. The summed E-state index contributed by atoms with van der Waals surface area (Å²) in [5.41, 5.74) is 1.87. The number of ether oxygens (including phenoxy) is 3. The van der Waals surface area contributed by atoms with Crippen molar-refractivity contribution >= 4 is 28.9 Å². The van der Waals surface area contributed by atoms with Gasteiger partial charge in [-0.25, -0.2) is 19.4 Å². The van der Waals surface area contributed by atoms with Crippen LogP contribution in [0.15, 0.2) is 41.7 Å². The third-order valence-corrected chi connectivity index (χ3v) is 7.12. The molecular weight excluding hydrogens is 506 g/mol. The zero-order chi connectivity index (χ0) is 27.9. The van der Waals surface area contributed by atoms with Gasteiger partial charge in [0.25, 0.3) is 5.56 Å². The van der Waals surface area contributed by atoms with Gasteiger partial charge in [0.1, 0.15) is 19.0 Å². The second kappa shape index (κ2) is 9.99. The van der Waals surface area contributed by atoms with Gasteiger partial charge < -0.3 is 29.2 Å². The number of amides is 1. The number of aliphatic hydroxyl groups is 1. The number of carbonyl (C=O) groups excluding carboxylic acids is 3. The van der Waals surface area contributed by atoms with E-state index in [1.54, 1.807) is 35.8 Å². The van der Waals surface area contributed by atoms with E-state index >= 15 is 0 Å². The number of fused-ring (bicyclic) bond motifs is 5. The Morgan fingerprint density at radius 3 is 2.77 bits per heavy atom. The molecule has 0 spiro atoms. The van der Waals surface area contributed by atoms with Gasteiger partial charge in [0.2, 0.25) is 0 Å². The molecule has 4 heterocycles. The average Bonchev–Trinajstić information content (AvgIpc) is 3.30. The van der Waals surface area contributed by atoms with Gasteiger partial charge in [-0.05, 0) is 42.7 Å². The maximum atomic E-state index is 13.5. The maximum absolute atomic E-state index is 13.5. The Labute approximate surface area is 223 Å². The van der Waals surface area contributed by atoms with Crippen molar-refractivity contribution in [2.45, 2.75) is 45.4 Å². The SMILES string of the molecule is C=CC(=O)OCCNC(=O)Oc1ccc2nc3c(c(CC)c2c1)Cn1c-3cc2c(c1=O)COC(=O)[C@]2(O)CC. The van der Waals surface area contributed by atoms with Gasteiger partial charge in [-0.2, -0.15) is 0 Å². The summed E-state index contributed by atoms with van der Waals surface area (Å²) in [4.78, 5) is 54.0. The van der Waals surface area contributed by atoms with E-state index in [1.807, 2.05) is 6.92 Å². The van der Waals surface area contributed by atoms with E-state index in [2.05, 4.69) is 11.9 Å². The molecule has 2 aromatic heterocycles. The highest BCUT2D eigenvalue weighted by Gasteiger charge is 2.45. The number of pyridine rings is 2. The Morgan fingerprint density at radius 2 is 2.05 bits per heavy atom. The first-order valence-electron chi connectivity index (χ1n) is 12.6. The molecular formula is C28H27N3O8. The smallest absolute Gasteiger partial charge is 0.412 e. The van der Waals surface area contributed by atoms with E-state index in [0.29, 0.717) is 29.1 Å². The topological polar surface area (TPSA) is 146 Å². The van der Waals surface area contributed by atoms with Gasteiger partial charge in [0.15, 0.2) is 5.60 Å². The van der Waals surface area contributed by atoms with Crippen LogP contribution in [0.1, 0.15) is 42.5 Å². The summed E-state index contributed by atoms with van der Waals surface area (Å²) in [6.45, 7) is 7.08. The van der Waals surface area contributed by atoms with Crippen molar-refractivity contribution in [1.29, 1.82) is 0 Å². The number of aromatic nitrogens is 2. The first kappa shape index (κ1) is 26.1. The molecule has 0 saturated carbocycles. The summed E-state index contributed by atoms with van der Waals surface area (Å²) in [7, 11) is 0. The zero-order valence-electron chi connectivity index (χ0n) is 21.5. The largest absolute Gasteiger partial charge is 0.461 e. The first-order chi connectivity index (χ1) is 18.7. The van der Waals surface area contributed by atoms with Crippen LogP contribution in [0.5, 0.6) is 5.75 Å². The van der Waals surface area contributed by atoms with Crippen LogP contribution < -0.4 is 15.6 Å². The minimum atomic E-state index is -1.89. The number of hydrogen-bond donors (Lipinski definition) is 2. The summed E-state index contributed by atoms with van der Waals surface area (Å²) in [5, 5.41) is 14.3. The highest BCUT2D eigenvalue weighted by Crippen LogP contribution is 2.40. The molecule has 0 radical (unpaired) electrons. The Bertz CT molecular complexity index is 1610. The fourth-order valence-electron chi connectivity index (χ4n) is 5.11. The van der Waals surface area contributed by atoms with Gasteiger partial charge >= 0.3 is 18.0 Å². The number of nitrogens with zero attached hydrogens (tertiary/aromatic N) is 2. The molecule has 0 saturated heterocycles. The highest BCUT2D eigenvalue weighted by molar-refractivity contribution is 5.90. The van der Waals surface area contributed by atoms with Crippen molar-refractivity contribution < 1.29 is 33.7 Å². The number of rotatable bonds is 7. The van der Waals surface area contributed by atoms with E-state index in [0.717, 1.165) is 22.6 Å². The van der Waals surface area contributed by atoms with Gasteiger partial charge in [0.05, 0.1) is 35.6 Å². The van der Waals surface area contributed by atoms with Gasteiger partial charge in [-0.15, -0.1) is 0 Å². The van der Waals surface area contributed by atoms with Crippen molar-refractivity contribution in [3.05, 3.63) is 69.5 Å². The molecule has 0 fully saturated rings. The summed E-state index contributed by atoms with van der Waals surface area (Å²) >= 11 is 0. The van der Waals surface area contributed by atoms with E-state index in [-0.39, 0.29) is 49.4 Å². The minimum absolute atomic E-state index is 0.0208. The maximum Gasteiger partial charge on any atom is 0.412 e. The summed E-state index contributed by atoms with van der Waals surface area (Å²) in [5.74, 6) is -1.05. The lowest BCUT2D eigenvalue weighted by Crippen LogP contribution is -2.44. The van der Waals surface area contributed by atoms with E-state index in [9.17, 15) is 24.3 Å². The van der Waals surface area contributed by atoms with E-state index in [1.165, 1.54) is 0 Å². The van der Waals surface area contributed by atoms with Gasteiger partial charge in [-0.1, -0.05) is 20.4 Å². The van der Waals surface area contributed by atoms with Crippen LogP contribution >= 0.6 is 0 Å². The molecule has 39 heavy (non-hydrogen) atoms. The van der Waals surface area contributed by atoms with Crippen LogP contribution in [-0.4, -0.2) is 45.8 Å². The highest BCUT2D eigenvalue weighted by atomic mass is 16.6. The van der Waals surface area contributed by atoms with E-state index in [4.69, 9.17) is 19.2 Å². The molecule has 1 atom stereocenters. The number of hydrogen-bond acceptors (Lipinski definition) is 9. The lowest BCUT2D eigenvalue weighted by molar-refractivity contribution is -0.172. The second-order valence-corrected chi connectivity index (χ2v) is 9.24. The summed E-state index contributed by atoms with van der Waals surface area (Å²) in [6, 6.07) is 6.73. The molecule has 2 N–H and O–H groups in total. The Kier molecular flexibility index (Phi) is 6.69. The Hall–Kier alpha value is -4.51. The molecule has 3 aromatic rings. The van der Waals surface area contributed by atoms with Gasteiger partial charge in [0, 0.05) is 22.6 Å². The molecule has 1 aromatic carbocycles. The first-order valence-corrected chi connectivity index (χ1v) is 12.6. The van der Waals surface area contributed by atoms with Crippen molar-refractivity contribution in [2.24, 2.45) is 0 Å². The molecule has 2 aliphatic rings. The predicted molar refractivity (Wildman–Crippen MR) is 139 cm³/mol. The fourth-order valence-corrected chi connectivity index (χ4v) is 5.11. The van der Waals surface area contributed by atoms with Gasteiger partial charge in [-0.3, -0.25) is 4.79 Å². The lowest BCUT2D eigenvalue weighted by atomic mass is 9.86. The molecule has 0 bridgehead atoms. The molecule has 11 nitrogen and oxygen atoms in total. The van der Waals surface area contributed by atoms with Crippen LogP contribution in [0.25, 0.3) is 22.3 Å². The molecule has 2 aliphatic heterocycles. The van der Waals surface area contributed by atoms with Crippen LogP contribution in [0.2, 0.25) is 0 Å². The van der Waals surface area contributed by atoms with Crippen LogP contribution in [0.3, 0.4) is 0 Å². The third-order valence-electron chi connectivity index (χ3n) is 7.12. The number of aryl methyl sites for hydroxylation is 1. The van der Waals surface area contributed by atoms with Crippen molar-refractivity contribution in [3.63, 3.8) is 0 Å². The number of benzene rings is 1. The molecule has 202 valence electrons. The fraction of sp³-hybridized carbons (Fsp3) is 0.321. The summed E-state index contributed by atoms with van der Waals surface area (Å²) < 4.78 is 16.9. The third kappa shape index (κ3) is 4.34. The molecule has 5 rings (SSSR count). The summed E-state index contributed by atoms with van der Waals surface area (Å²) in [6.07, 6.45) is 1.01. The molecule has 1 amide bonds. The minimum Gasteiger partial charge on any atom is -0.461 e. The Morgan fingerprint density at radius 1 is 1.26 bits per heavy atom. The van der Waals surface area contributed by atoms with Crippen molar-refractivity contribution in [2.75, 3.05) is 13.2 Å². The monoisotopic (exact) mass is 533 g/mol. The average molecular weight is 534 g/mol. The van der Waals surface area contributed by atoms with Crippen molar-refractivity contribution in [3.8, 4) is 17.1 Å². The quantitative estimate of drug-likeness (QED) is 0.208. The van der Waals surface area contributed by atoms with Crippen LogP contribution in [0.4, 0.5) is 4.79 Å². The number of carbonyl (C=O) groups is 3. The molecule has 0 unspecified atom stereocenters. The van der Waals surface area contributed by atoms with Crippen molar-refractivity contribution in [1.82, 2.24) is 14.9 Å². The van der Waals surface area contributed by atoms with Crippen LogP contribution in [-0.2, 0) is 44.2 Å². The number of nitrogens with one attached hydrogen (secondary N) is 1. The zero-order valence-corrected chi connectivity index (χ0v) is 21.5. The number of cyclic esters (lactones) is 1. The number of esters is 2.